The maximum Gasteiger partial charge on any atom is 0.205 e. The van der Waals surface area contributed by atoms with Crippen molar-refractivity contribution in [3.8, 4) is 23.0 Å². The highest BCUT2D eigenvalue weighted by Gasteiger charge is 2.20. The molecule has 0 fully saturated rings. The monoisotopic (exact) mass is 392 g/mol. The molecule has 4 aromatic rings. The Morgan fingerprint density at radius 3 is 2.72 bits per heavy atom. The summed E-state index contributed by atoms with van der Waals surface area (Å²) in [5.74, 6) is 2.37. The molecule has 0 aliphatic rings. The molecule has 0 saturated heterocycles. The number of methoxy groups -OCH3 is 1. The van der Waals surface area contributed by atoms with E-state index >= 15 is 0 Å². The van der Waals surface area contributed by atoms with Crippen molar-refractivity contribution < 1.29 is 14.1 Å². The van der Waals surface area contributed by atoms with Crippen LogP contribution in [0.3, 0.4) is 0 Å². The van der Waals surface area contributed by atoms with E-state index in [1.165, 1.54) is 4.80 Å². The van der Waals surface area contributed by atoms with Gasteiger partial charge in [-0.3, -0.25) is 9.36 Å². The lowest BCUT2D eigenvalue weighted by molar-refractivity contribution is 0.0961. The maximum atomic E-state index is 12.9. The number of ketones is 1. The lowest BCUT2D eigenvalue weighted by Crippen LogP contribution is -2.14. The zero-order valence-electron chi connectivity index (χ0n) is 16.6. The lowest BCUT2D eigenvalue weighted by Gasteiger charge is -2.05. The van der Waals surface area contributed by atoms with Crippen molar-refractivity contribution in [2.45, 2.75) is 27.3 Å². The summed E-state index contributed by atoms with van der Waals surface area (Å²) in [5, 5.41) is 16.4. The fourth-order valence-corrected chi connectivity index (χ4v) is 3.26. The number of ether oxygens (including phenoxy) is 1. The Kier molecular flexibility index (Phi) is 4.71. The zero-order chi connectivity index (χ0) is 20.5. The van der Waals surface area contributed by atoms with E-state index in [1.807, 2.05) is 61.7 Å². The molecule has 0 spiro atoms. The molecular weight excluding hydrogens is 372 g/mol. The van der Waals surface area contributed by atoms with Crippen molar-refractivity contribution >= 4 is 5.78 Å². The number of carbonyl (C=O) groups is 1. The zero-order valence-corrected chi connectivity index (χ0v) is 16.6. The van der Waals surface area contributed by atoms with E-state index in [0.29, 0.717) is 28.7 Å². The Morgan fingerprint density at radius 2 is 2.00 bits per heavy atom. The number of hydrogen-bond acceptors (Lipinski definition) is 7. The van der Waals surface area contributed by atoms with Crippen molar-refractivity contribution in [1.29, 1.82) is 0 Å². The second-order valence-electron chi connectivity index (χ2n) is 6.71. The van der Waals surface area contributed by atoms with Crippen LogP contribution in [0, 0.1) is 20.8 Å². The highest BCUT2D eigenvalue weighted by atomic mass is 16.5. The molecule has 0 amide bonds. The molecule has 9 nitrogen and oxygen atoms in total. The molecule has 29 heavy (non-hydrogen) atoms. The first-order chi connectivity index (χ1) is 14.0. The molecule has 0 atom stereocenters. The molecule has 148 valence electrons. The third-order valence-electron chi connectivity index (χ3n) is 4.64. The fraction of sp³-hybridized carbons (Fsp3) is 0.250. The summed E-state index contributed by atoms with van der Waals surface area (Å²) >= 11 is 0. The molecular formula is C20H20N6O3. The first-order valence-electron chi connectivity index (χ1n) is 9.04. The smallest absolute Gasteiger partial charge is 0.205 e. The molecule has 3 heterocycles. The Labute approximate surface area is 166 Å². The van der Waals surface area contributed by atoms with Crippen LogP contribution in [0.25, 0.3) is 17.2 Å². The van der Waals surface area contributed by atoms with Crippen LogP contribution in [0.15, 0.2) is 40.9 Å². The Morgan fingerprint density at radius 1 is 1.17 bits per heavy atom. The van der Waals surface area contributed by atoms with Crippen LogP contribution >= 0.6 is 0 Å². The van der Waals surface area contributed by atoms with E-state index in [0.717, 1.165) is 17.0 Å². The van der Waals surface area contributed by atoms with Gasteiger partial charge in [-0.05, 0) is 44.2 Å². The van der Waals surface area contributed by atoms with Gasteiger partial charge in [-0.25, -0.2) is 0 Å². The van der Waals surface area contributed by atoms with E-state index in [2.05, 4.69) is 20.6 Å². The van der Waals surface area contributed by atoms with Gasteiger partial charge in [0.25, 0.3) is 0 Å². The number of Topliss-reactive ketones (excluding diaryl/α,β-unsaturated/α-hetero) is 1. The molecule has 0 aliphatic carbocycles. The lowest BCUT2D eigenvalue weighted by atomic mass is 10.1. The van der Waals surface area contributed by atoms with Gasteiger partial charge in [0, 0.05) is 28.6 Å². The Bertz CT molecular complexity index is 1190. The first-order valence-corrected chi connectivity index (χ1v) is 9.04. The molecule has 4 rings (SSSR count). The molecule has 0 N–H and O–H groups in total. The third kappa shape index (κ3) is 3.54. The number of nitrogens with zero attached hydrogens (tertiary/aromatic N) is 6. The minimum atomic E-state index is -0.112. The summed E-state index contributed by atoms with van der Waals surface area (Å²) < 4.78 is 12.3. The van der Waals surface area contributed by atoms with E-state index in [9.17, 15) is 4.79 Å². The average Bonchev–Trinajstić information content (AvgIpc) is 3.41. The second-order valence-corrected chi connectivity index (χ2v) is 6.71. The SMILES string of the molecule is COc1cccc(-c2nnn(CC(=O)c3cc(C)n(-c4cc(C)on4)c3C)n2)c1. The summed E-state index contributed by atoms with van der Waals surface area (Å²) in [5.41, 5.74) is 3.03. The highest BCUT2D eigenvalue weighted by Crippen LogP contribution is 2.22. The number of carbonyl (C=O) groups excluding carboxylic acids is 1. The number of tetrazole rings is 1. The van der Waals surface area contributed by atoms with Crippen molar-refractivity contribution in [1.82, 2.24) is 29.9 Å². The average molecular weight is 392 g/mol. The van der Waals surface area contributed by atoms with Crippen LogP contribution in [0.4, 0.5) is 0 Å². The summed E-state index contributed by atoms with van der Waals surface area (Å²) in [4.78, 5) is 14.2. The van der Waals surface area contributed by atoms with E-state index < -0.39 is 0 Å². The van der Waals surface area contributed by atoms with Crippen LogP contribution in [0.1, 0.15) is 27.5 Å². The Hall–Kier alpha value is -3.75. The standard InChI is InChI=1S/C20H20N6O3/c1-12-8-17(14(3)26(12)19-9-13(2)29-23-19)18(27)11-25-22-20(21-24-25)15-6-5-7-16(10-15)28-4/h5-10H,11H2,1-4H3. The predicted octanol–water partition coefficient (Wildman–Crippen LogP) is 2.94. The van der Waals surface area contributed by atoms with E-state index in [-0.39, 0.29) is 12.3 Å². The van der Waals surface area contributed by atoms with Crippen molar-refractivity contribution in [3.63, 3.8) is 0 Å². The number of hydrogen-bond donors (Lipinski definition) is 0. The van der Waals surface area contributed by atoms with Crippen molar-refractivity contribution in [3.05, 3.63) is 59.1 Å². The minimum Gasteiger partial charge on any atom is -0.497 e. The second kappa shape index (κ2) is 7.34. The van der Waals surface area contributed by atoms with Gasteiger partial charge in [-0.15, -0.1) is 10.2 Å². The number of aromatic nitrogens is 6. The van der Waals surface area contributed by atoms with Crippen molar-refractivity contribution in [2.75, 3.05) is 7.11 Å². The number of rotatable bonds is 6. The molecule has 9 heteroatoms. The first kappa shape index (κ1) is 18.6. The van der Waals surface area contributed by atoms with Gasteiger partial charge in [-0.1, -0.05) is 17.3 Å². The summed E-state index contributed by atoms with van der Waals surface area (Å²) in [6, 6.07) is 11.0. The van der Waals surface area contributed by atoms with Crippen LogP contribution in [-0.4, -0.2) is 42.8 Å². The molecule has 0 saturated carbocycles. The maximum absolute atomic E-state index is 12.9. The van der Waals surface area contributed by atoms with Crippen LogP contribution < -0.4 is 4.74 Å². The van der Waals surface area contributed by atoms with Crippen LogP contribution in [0.2, 0.25) is 0 Å². The summed E-state index contributed by atoms with van der Waals surface area (Å²) in [7, 11) is 1.60. The normalized spacial score (nSPS) is 11.0. The third-order valence-corrected chi connectivity index (χ3v) is 4.64. The molecule has 0 unspecified atom stereocenters. The Balaban J connectivity index is 1.57. The number of benzene rings is 1. The van der Waals surface area contributed by atoms with E-state index in [4.69, 9.17) is 9.26 Å². The van der Waals surface area contributed by atoms with E-state index in [1.54, 1.807) is 7.11 Å². The highest BCUT2D eigenvalue weighted by molar-refractivity contribution is 5.97. The molecule has 3 aromatic heterocycles. The van der Waals surface area contributed by atoms with Crippen LogP contribution in [0.5, 0.6) is 5.75 Å². The molecule has 0 aliphatic heterocycles. The molecule has 0 radical (unpaired) electrons. The van der Waals surface area contributed by atoms with Gasteiger partial charge in [0.1, 0.15) is 18.1 Å². The molecule has 1 aromatic carbocycles. The van der Waals surface area contributed by atoms with Gasteiger partial charge in [0.2, 0.25) is 5.82 Å². The predicted molar refractivity (Wildman–Crippen MR) is 104 cm³/mol. The summed E-state index contributed by atoms with van der Waals surface area (Å²) in [6.45, 7) is 5.61. The van der Waals surface area contributed by atoms with Crippen molar-refractivity contribution in [2.24, 2.45) is 0 Å². The van der Waals surface area contributed by atoms with Gasteiger partial charge in [0.15, 0.2) is 11.6 Å². The van der Waals surface area contributed by atoms with Gasteiger partial charge < -0.3 is 9.26 Å². The topological polar surface area (TPSA) is 101 Å². The quantitative estimate of drug-likeness (QED) is 0.465. The fourth-order valence-electron chi connectivity index (χ4n) is 3.26. The van der Waals surface area contributed by atoms with Gasteiger partial charge in [0.05, 0.1) is 7.11 Å². The van der Waals surface area contributed by atoms with Gasteiger partial charge >= 0.3 is 0 Å². The summed E-state index contributed by atoms with van der Waals surface area (Å²) in [6.07, 6.45) is 0. The molecule has 0 bridgehead atoms. The van der Waals surface area contributed by atoms with Gasteiger partial charge in [-0.2, -0.15) is 4.80 Å². The minimum absolute atomic E-state index is 0.0148. The number of aryl methyl sites for hydroxylation is 2. The van der Waals surface area contributed by atoms with Crippen LogP contribution in [-0.2, 0) is 6.54 Å². The largest absolute Gasteiger partial charge is 0.497 e.